The van der Waals surface area contributed by atoms with Crippen LogP contribution in [0.15, 0.2) is 18.2 Å². The highest BCUT2D eigenvalue weighted by atomic mass is 35.5. The standard InChI is InChI=1S/C14H17ClN2OS.ClH/c15-11-2-1-10-3-5-17(13(10)7-11)14(18)8-12-9-19-6-4-16-12;/h1-2,7,12,16H,3-6,8-9H2;1H. The minimum absolute atomic E-state index is 0. The van der Waals surface area contributed by atoms with Crippen molar-refractivity contribution in [1.29, 1.82) is 0 Å². The molecule has 1 aromatic rings. The zero-order chi connectivity index (χ0) is 13.2. The molecule has 0 bridgehead atoms. The van der Waals surface area contributed by atoms with E-state index in [4.69, 9.17) is 11.6 Å². The predicted octanol–water partition coefficient (Wildman–Crippen LogP) is 2.75. The van der Waals surface area contributed by atoms with Gasteiger partial charge in [-0.25, -0.2) is 0 Å². The lowest BCUT2D eigenvalue weighted by Crippen LogP contribution is -2.42. The molecule has 0 saturated carbocycles. The van der Waals surface area contributed by atoms with Crippen molar-refractivity contribution in [3.05, 3.63) is 28.8 Å². The van der Waals surface area contributed by atoms with E-state index in [1.165, 1.54) is 5.56 Å². The van der Waals surface area contributed by atoms with Gasteiger partial charge in [-0.15, -0.1) is 12.4 Å². The van der Waals surface area contributed by atoms with Crippen LogP contribution in [0.1, 0.15) is 12.0 Å². The summed E-state index contributed by atoms with van der Waals surface area (Å²) >= 11 is 7.95. The minimum atomic E-state index is 0. The number of hydrogen-bond acceptors (Lipinski definition) is 3. The van der Waals surface area contributed by atoms with E-state index in [0.29, 0.717) is 17.5 Å². The van der Waals surface area contributed by atoms with Gasteiger partial charge < -0.3 is 10.2 Å². The Hall–Kier alpha value is -0.420. The lowest BCUT2D eigenvalue weighted by molar-refractivity contribution is -0.118. The Morgan fingerprint density at radius 2 is 2.35 bits per heavy atom. The third-order valence-corrected chi connectivity index (χ3v) is 5.03. The van der Waals surface area contributed by atoms with Crippen LogP contribution in [0.2, 0.25) is 5.02 Å². The third kappa shape index (κ3) is 3.42. The highest BCUT2D eigenvalue weighted by Crippen LogP contribution is 2.31. The number of fused-ring (bicyclic) bond motifs is 1. The van der Waals surface area contributed by atoms with E-state index >= 15 is 0 Å². The number of rotatable bonds is 2. The fourth-order valence-corrected chi connectivity index (χ4v) is 3.80. The van der Waals surface area contributed by atoms with Crippen molar-refractivity contribution in [2.45, 2.75) is 18.9 Å². The Labute approximate surface area is 134 Å². The van der Waals surface area contributed by atoms with Crippen molar-refractivity contribution in [3.63, 3.8) is 0 Å². The van der Waals surface area contributed by atoms with Gasteiger partial charge in [-0.3, -0.25) is 4.79 Å². The van der Waals surface area contributed by atoms with Crippen LogP contribution >= 0.6 is 35.8 Å². The summed E-state index contributed by atoms with van der Waals surface area (Å²) in [5.74, 6) is 2.38. The Kier molecular flexibility index (Phi) is 5.61. The molecular formula is C14H18Cl2N2OS. The molecule has 2 aliphatic rings. The molecule has 1 fully saturated rings. The molecule has 2 aliphatic heterocycles. The largest absolute Gasteiger partial charge is 0.312 e. The number of nitrogens with one attached hydrogen (secondary N) is 1. The summed E-state index contributed by atoms with van der Waals surface area (Å²) < 4.78 is 0. The average molecular weight is 333 g/mol. The van der Waals surface area contributed by atoms with Crippen LogP contribution < -0.4 is 10.2 Å². The molecule has 0 spiro atoms. The molecule has 2 heterocycles. The summed E-state index contributed by atoms with van der Waals surface area (Å²) in [6.45, 7) is 1.79. The number of carbonyl (C=O) groups excluding carboxylic acids is 1. The number of carbonyl (C=O) groups is 1. The van der Waals surface area contributed by atoms with Gasteiger partial charge in [-0.1, -0.05) is 17.7 Å². The van der Waals surface area contributed by atoms with Gasteiger partial charge in [0.25, 0.3) is 0 Å². The molecule has 3 rings (SSSR count). The molecule has 0 aromatic heterocycles. The number of thioether (sulfide) groups is 1. The van der Waals surface area contributed by atoms with E-state index in [1.807, 2.05) is 34.9 Å². The van der Waals surface area contributed by atoms with Gasteiger partial charge in [-0.05, 0) is 24.1 Å². The molecule has 6 heteroatoms. The zero-order valence-electron chi connectivity index (χ0n) is 11.1. The maximum absolute atomic E-state index is 12.4. The van der Waals surface area contributed by atoms with Gasteiger partial charge in [0.05, 0.1) is 0 Å². The average Bonchev–Trinajstić information content (AvgIpc) is 2.82. The molecule has 1 saturated heterocycles. The van der Waals surface area contributed by atoms with Crippen LogP contribution in [-0.4, -0.2) is 36.5 Å². The Morgan fingerprint density at radius 1 is 1.50 bits per heavy atom. The summed E-state index contributed by atoms with van der Waals surface area (Å²) in [5, 5.41) is 4.11. The molecule has 0 aliphatic carbocycles. The number of hydrogen-bond donors (Lipinski definition) is 1. The van der Waals surface area contributed by atoms with Crippen LogP contribution in [0.25, 0.3) is 0 Å². The van der Waals surface area contributed by atoms with Gasteiger partial charge >= 0.3 is 0 Å². The maximum Gasteiger partial charge on any atom is 0.228 e. The Morgan fingerprint density at radius 3 is 3.10 bits per heavy atom. The smallest absolute Gasteiger partial charge is 0.228 e. The van der Waals surface area contributed by atoms with Crippen LogP contribution in [0.5, 0.6) is 0 Å². The fourth-order valence-electron chi connectivity index (χ4n) is 2.68. The molecule has 110 valence electrons. The van der Waals surface area contributed by atoms with Crippen LogP contribution in [0.3, 0.4) is 0 Å². The maximum atomic E-state index is 12.4. The topological polar surface area (TPSA) is 32.3 Å². The number of anilines is 1. The van der Waals surface area contributed by atoms with E-state index in [2.05, 4.69) is 5.32 Å². The Balaban J connectivity index is 0.00000147. The SMILES string of the molecule is Cl.O=C(CC1CSCCN1)N1CCc2ccc(Cl)cc21. The number of amides is 1. The Bertz CT molecular complexity index is 492. The van der Waals surface area contributed by atoms with E-state index < -0.39 is 0 Å². The molecule has 1 aromatic carbocycles. The first-order chi connectivity index (χ1) is 9.24. The second-order valence-corrected chi connectivity index (χ2v) is 6.58. The van der Waals surface area contributed by atoms with E-state index in [-0.39, 0.29) is 18.3 Å². The summed E-state index contributed by atoms with van der Waals surface area (Å²) in [5.41, 5.74) is 2.23. The quantitative estimate of drug-likeness (QED) is 0.903. The predicted molar refractivity (Wildman–Crippen MR) is 88.5 cm³/mol. The molecule has 1 N–H and O–H groups in total. The highest BCUT2D eigenvalue weighted by molar-refractivity contribution is 7.99. The van der Waals surface area contributed by atoms with Gasteiger partial charge in [0.15, 0.2) is 0 Å². The first kappa shape index (κ1) is 16.0. The molecule has 20 heavy (non-hydrogen) atoms. The second kappa shape index (κ2) is 7.03. The first-order valence-electron chi connectivity index (χ1n) is 6.64. The van der Waals surface area contributed by atoms with Gasteiger partial charge in [0, 0.05) is 47.8 Å². The van der Waals surface area contributed by atoms with Crippen molar-refractivity contribution >= 4 is 47.4 Å². The fraction of sp³-hybridized carbons (Fsp3) is 0.500. The molecule has 1 unspecified atom stereocenters. The van der Waals surface area contributed by atoms with Crippen molar-refractivity contribution in [1.82, 2.24) is 5.32 Å². The number of nitrogens with zero attached hydrogens (tertiary/aromatic N) is 1. The van der Waals surface area contributed by atoms with Crippen LogP contribution in [-0.2, 0) is 11.2 Å². The van der Waals surface area contributed by atoms with Crippen LogP contribution in [0, 0.1) is 0 Å². The second-order valence-electron chi connectivity index (χ2n) is 5.00. The van der Waals surface area contributed by atoms with E-state index in [0.717, 1.165) is 36.7 Å². The van der Waals surface area contributed by atoms with E-state index in [9.17, 15) is 4.79 Å². The van der Waals surface area contributed by atoms with Gasteiger partial charge in [0.1, 0.15) is 0 Å². The van der Waals surface area contributed by atoms with Gasteiger partial charge in [0.2, 0.25) is 5.91 Å². The monoisotopic (exact) mass is 332 g/mol. The summed E-state index contributed by atoms with van der Waals surface area (Å²) in [4.78, 5) is 14.3. The first-order valence-corrected chi connectivity index (χ1v) is 8.17. The lowest BCUT2D eigenvalue weighted by atomic mass is 10.1. The number of halogens is 2. The minimum Gasteiger partial charge on any atom is -0.312 e. The highest BCUT2D eigenvalue weighted by Gasteiger charge is 2.27. The lowest BCUT2D eigenvalue weighted by Gasteiger charge is -2.25. The zero-order valence-corrected chi connectivity index (χ0v) is 13.5. The molecule has 1 atom stereocenters. The van der Waals surface area contributed by atoms with Crippen molar-refractivity contribution in [2.75, 3.05) is 29.5 Å². The third-order valence-electron chi connectivity index (χ3n) is 3.66. The molecule has 3 nitrogen and oxygen atoms in total. The summed E-state index contributed by atoms with van der Waals surface area (Å²) in [7, 11) is 0. The van der Waals surface area contributed by atoms with Crippen molar-refractivity contribution < 1.29 is 4.79 Å². The molecule has 0 radical (unpaired) electrons. The summed E-state index contributed by atoms with van der Waals surface area (Å²) in [6, 6.07) is 6.15. The number of benzene rings is 1. The van der Waals surface area contributed by atoms with E-state index in [1.54, 1.807) is 0 Å². The normalized spacial score (nSPS) is 21.2. The molecule has 1 amide bonds. The van der Waals surface area contributed by atoms with Gasteiger partial charge in [-0.2, -0.15) is 11.8 Å². The summed E-state index contributed by atoms with van der Waals surface area (Å²) in [6.07, 6.45) is 1.52. The molecular weight excluding hydrogens is 315 g/mol. The van der Waals surface area contributed by atoms with Crippen molar-refractivity contribution in [2.24, 2.45) is 0 Å². The van der Waals surface area contributed by atoms with Crippen molar-refractivity contribution in [3.8, 4) is 0 Å². The van der Waals surface area contributed by atoms with Crippen LogP contribution in [0.4, 0.5) is 5.69 Å².